The molecule has 0 aromatic heterocycles. The molecule has 3 heteroatoms. The Balaban J connectivity index is 1.92. The number of amides is 1. The van der Waals surface area contributed by atoms with Crippen molar-refractivity contribution in [3.05, 3.63) is 34.9 Å². The number of rotatable bonds is 4. The molecule has 1 aliphatic rings. The van der Waals surface area contributed by atoms with Gasteiger partial charge in [-0.25, -0.2) is 0 Å². The fraction of sp³-hybridized carbons (Fsp3) is 0.562. The Morgan fingerprint density at radius 3 is 2.84 bits per heavy atom. The maximum atomic E-state index is 12.1. The summed E-state index contributed by atoms with van der Waals surface area (Å²) < 4.78 is 0. The topological polar surface area (TPSA) is 32.3 Å². The highest BCUT2D eigenvalue weighted by Gasteiger charge is 2.23. The molecule has 104 valence electrons. The Kier molecular flexibility index (Phi) is 4.59. The van der Waals surface area contributed by atoms with Gasteiger partial charge in [-0.05, 0) is 63.0 Å². The SMILES string of the molecule is CCN1CCCC1CNC(=O)c1ccc(C)c(C)c1. The summed E-state index contributed by atoms with van der Waals surface area (Å²) in [5.41, 5.74) is 3.16. The lowest BCUT2D eigenvalue weighted by molar-refractivity contribution is 0.0941. The minimum Gasteiger partial charge on any atom is -0.350 e. The first-order chi connectivity index (χ1) is 9.11. The van der Waals surface area contributed by atoms with Gasteiger partial charge < -0.3 is 5.32 Å². The van der Waals surface area contributed by atoms with Gasteiger partial charge in [0.2, 0.25) is 0 Å². The molecule has 0 saturated carbocycles. The summed E-state index contributed by atoms with van der Waals surface area (Å²) in [6, 6.07) is 6.40. The van der Waals surface area contributed by atoms with Crippen molar-refractivity contribution >= 4 is 5.91 Å². The minimum absolute atomic E-state index is 0.0473. The van der Waals surface area contributed by atoms with Crippen LogP contribution >= 0.6 is 0 Å². The Morgan fingerprint density at radius 1 is 1.37 bits per heavy atom. The van der Waals surface area contributed by atoms with Crippen LogP contribution in [0.3, 0.4) is 0 Å². The summed E-state index contributed by atoms with van der Waals surface area (Å²) in [4.78, 5) is 14.6. The van der Waals surface area contributed by atoms with Gasteiger partial charge in [0.1, 0.15) is 0 Å². The molecule has 3 nitrogen and oxygen atoms in total. The molecule has 1 aliphatic heterocycles. The summed E-state index contributed by atoms with van der Waals surface area (Å²) in [5.74, 6) is 0.0473. The fourth-order valence-corrected chi connectivity index (χ4v) is 2.74. The van der Waals surface area contributed by atoms with E-state index in [1.165, 1.54) is 30.5 Å². The second-order valence-electron chi connectivity index (χ2n) is 5.43. The third-order valence-corrected chi connectivity index (χ3v) is 4.17. The smallest absolute Gasteiger partial charge is 0.251 e. The summed E-state index contributed by atoms with van der Waals surface area (Å²) in [5, 5.41) is 3.07. The number of nitrogens with one attached hydrogen (secondary N) is 1. The van der Waals surface area contributed by atoms with Crippen LogP contribution in [0.1, 0.15) is 41.3 Å². The van der Waals surface area contributed by atoms with Crippen molar-refractivity contribution in [1.82, 2.24) is 10.2 Å². The molecule has 1 unspecified atom stereocenters. The lowest BCUT2D eigenvalue weighted by Gasteiger charge is -2.22. The van der Waals surface area contributed by atoms with Crippen molar-refractivity contribution in [2.75, 3.05) is 19.6 Å². The molecule has 0 spiro atoms. The molecule has 1 saturated heterocycles. The summed E-state index contributed by atoms with van der Waals surface area (Å²) in [6.07, 6.45) is 2.44. The number of benzene rings is 1. The van der Waals surface area contributed by atoms with Crippen LogP contribution in [0.15, 0.2) is 18.2 Å². The lowest BCUT2D eigenvalue weighted by Crippen LogP contribution is -2.40. The average Bonchev–Trinajstić information content (AvgIpc) is 2.86. The van der Waals surface area contributed by atoms with E-state index in [2.05, 4.69) is 24.1 Å². The Bertz CT molecular complexity index is 456. The zero-order chi connectivity index (χ0) is 13.8. The number of nitrogens with zero attached hydrogens (tertiary/aromatic N) is 1. The van der Waals surface area contributed by atoms with E-state index >= 15 is 0 Å². The number of carbonyl (C=O) groups excluding carboxylic acids is 1. The van der Waals surface area contributed by atoms with Gasteiger partial charge in [0.25, 0.3) is 5.91 Å². The number of hydrogen-bond donors (Lipinski definition) is 1. The van der Waals surface area contributed by atoms with E-state index in [-0.39, 0.29) is 5.91 Å². The van der Waals surface area contributed by atoms with E-state index in [1.807, 2.05) is 25.1 Å². The second kappa shape index (κ2) is 6.20. The zero-order valence-corrected chi connectivity index (χ0v) is 12.2. The quantitative estimate of drug-likeness (QED) is 0.902. The van der Waals surface area contributed by atoms with Crippen LogP contribution in [0, 0.1) is 13.8 Å². The van der Waals surface area contributed by atoms with Crippen LogP contribution < -0.4 is 5.32 Å². The third-order valence-electron chi connectivity index (χ3n) is 4.17. The molecule has 1 heterocycles. The monoisotopic (exact) mass is 260 g/mol. The minimum atomic E-state index is 0.0473. The predicted molar refractivity (Wildman–Crippen MR) is 78.5 cm³/mol. The van der Waals surface area contributed by atoms with Crippen LogP contribution in [0.2, 0.25) is 0 Å². The van der Waals surface area contributed by atoms with E-state index in [4.69, 9.17) is 0 Å². The van der Waals surface area contributed by atoms with Crippen molar-refractivity contribution in [2.24, 2.45) is 0 Å². The molecule has 1 N–H and O–H groups in total. The molecular formula is C16H24N2O. The van der Waals surface area contributed by atoms with Crippen molar-refractivity contribution < 1.29 is 4.79 Å². The first-order valence-electron chi connectivity index (χ1n) is 7.21. The number of likely N-dealkylation sites (N-methyl/N-ethyl adjacent to an activating group) is 1. The van der Waals surface area contributed by atoms with Gasteiger partial charge in [-0.2, -0.15) is 0 Å². The molecular weight excluding hydrogens is 236 g/mol. The average molecular weight is 260 g/mol. The summed E-state index contributed by atoms with van der Waals surface area (Å²) >= 11 is 0. The standard InChI is InChI=1S/C16H24N2O/c1-4-18-9-5-6-15(18)11-17-16(19)14-8-7-12(2)13(3)10-14/h7-8,10,15H,4-6,9,11H2,1-3H3,(H,17,19). The molecule has 1 aromatic carbocycles. The maximum absolute atomic E-state index is 12.1. The third kappa shape index (κ3) is 3.35. The van der Waals surface area contributed by atoms with Gasteiger partial charge >= 0.3 is 0 Å². The van der Waals surface area contributed by atoms with Gasteiger partial charge in [-0.3, -0.25) is 9.69 Å². The highest BCUT2D eigenvalue weighted by atomic mass is 16.1. The molecule has 2 rings (SSSR count). The number of likely N-dealkylation sites (tertiary alicyclic amines) is 1. The van der Waals surface area contributed by atoms with Gasteiger partial charge in [0.15, 0.2) is 0 Å². The molecule has 0 bridgehead atoms. The van der Waals surface area contributed by atoms with Crippen LogP contribution in [-0.4, -0.2) is 36.5 Å². The number of hydrogen-bond acceptors (Lipinski definition) is 2. The highest BCUT2D eigenvalue weighted by Crippen LogP contribution is 2.16. The van der Waals surface area contributed by atoms with Gasteiger partial charge in [-0.1, -0.05) is 13.0 Å². The molecule has 1 atom stereocenters. The molecule has 1 amide bonds. The maximum Gasteiger partial charge on any atom is 0.251 e. The Morgan fingerprint density at radius 2 is 2.16 bits per heavy atom. The van der Waals surface area contributed by atoms with Crippen molar-refractivity contribution in [3.8, 4) is 0 Å². The van der Waals surface area contributed by atoms with Crippen LogP contribution in [0.4, 0.5) is 0 Å². The van der Waals surface area contributed by atoms with Crippen molar-refractivity contribution in [3.63, 3.8) is 0 Å². The molecule has 1 fully saturated rings. The van der Waals surface area contributed by atoms with E-state index in [1.54, 1.807) is 0 Å². The Labute approximate surface area is 116 Å². The van der Waals surface area contributed by atoms with Crippen LogP contribution in [0.25, 0.3) is 0 Å². The highest BCUT2D eigenvalue weighted by molar-refractivity contribution is 5.94. The zero-order valence-electron chi connectivity index (χ0n) is 12.2. The molecule has 0 aliphatic carbocycles. The van der Waals surface area contributed by atoms with Crippen LogP contribution in [0.5, 0.6) is 0 Å². The van der Waals surface area contributed by atoms with E-state index in [0.29, 0.717) is 6.04 Å². The first-order valence-corrected chi connectivity index (χ1v) is 7.21. The summed E-state index contributed by atoms with van der Waals surface area (Å²) in [6.45, 7) is 9.30. The molecule has 0 radical (unpaired) electrons. The first kappa shape index (κ1) is 14.1. The van der Waals surface area contributed by atoms with Gasteiger partial charge in [0, 0.05) is 18.2 Å². The van der Waals surface area contributed by atoms with E-state index in [0.717, 1.165) is 18.7 Å². The van der Waals surface area contributed by atoms with Crippen molar-refractivity contribution in [2.45, 2.75) is 39.7 Å². The molecule has 1 aromatic rings. The van der Waals surface area contributed by atoms with E-state index < -0.39 is 0 Å². The Hall–Kier alpha value is -1.35. The predicted octanol–water partition coefficient (Wildman–Crippen LogP) is 2.52. The van der Waals surface area contributed by atoms with E-state index in [9.17, 15) is 4.79 Å². The largest absolute Gasteiger partial charge is 0.350 e. The van der Waals surface area contributed by atoms with Gasteiger partial charge in [0.05, 0.1) is 0 Å². The molecule has 19 heavy (non-hydrogen) atoms. The summed E-state index contributed by atoms with van der Waals surface area (Å²) in [7, 11) is 0. The fourth-order valence-electron chi connectivity index (χ4n) is 2.74. The van der Waals surface area contributed by atoms with Gasteiger partial charge in [-0.15, -0.1) is 0 Å². The number of carbonyl (C=O) groups is 1. The van der Waals surface area contributed by atoms with Crippen molar-refractivity contribution in [1.29, 1.82) is 0 Å². The second-order valence-corrected chi connectivity index (χ2v) is 5.43. The lowest BCUT2D eigenvalue weighted by atomic mass is 10.1. The normalized spacial score (nSPS) is 19.6. The number of aryl methyl sites for hydroxylation is 2. The van der Waals surface area contributed by atoms with Crippen LogP contribution in [-0.2, 0) is 0 Å².